The van der Waals surface area contributed by atoms with E-state index in [1.54, 1.807) is 72.2 Å². The molecule has 0 spiro atoms. The summed E-state index contributed by atoms with van der Waals surface area (Å²) in [6.07, 6.45) is 1.13. The number of para-hydroxylation sites is 1. The van der Waals surface area contributed by atoms with Crippen molar-refractivity contribution in [3.8, 4) is 17.2 Å². The summed E-state index contributed by atoms with van der Waals surface area (Å²) in [5, 5.41) is 1.05. The first-order chi connectivity index (χ1) is 20.4. The van der Waals surface area contributed by atoms with Gasteiger partial charge in [0.25, 0.3) is 11.5 Å². The van der Waals surface area contributed by atoms with Gasteiger partial charge >= 0.3 is 0 Å². The second kappa shape index (κ2) is 12.9. The first kappa shape index (κ1) is 28.9. The van der Waals surface area contributed by atoms with Gasteiger partial charge in [-0.15, -0.1) is 0 Å². The smallest absolute Gasteiger partial charge is 0.266 e. The Morgan fingerprint density at radius 2 is 1.55 bits per heavy atom. The van der Waals surface area contributed by atoms with Gasteiger partial charge in [-0.2, -0.15) is 0 Å². The van der Waals surface area contributed by atoms with E-state index in [0.717, 1.165) is 5.56 Å². The fraction of sp³-hybridized carbons (Fsp3) is 0.206. The zero-order valence-corrected chi connectivity index (χ0v) is 24.5. The van der Waals surface area contributed by atoms with Gasteiger partial charge in [0.1, 0.15) is 17.3 Å². The number of carbonyl (C=O) groups is 1. The van der Waals surface area contributed by atoms with Gasteiger partial charge in [0.05, 0.1) is 36.9 Å². The fourth-order valence-corrected chi connectivity index (χ4v) is 5.27. The molecular formula is C34H32ClN3O4. The molecule has 4 aromatic carbocycles. The molecule has 1 amide bonds. The number of benzene rings is 4. The minimum absolute atomic E-state index is 0.213. The summed E-state index contributed by atoms with van der Waals surface area (Å²) in [5.74, 6) is 1.27. The summed E-state index contributed by atoms with van der Waals surface area (Å²) < 4.78 is 12.5. The Balaban J connectivity index is 1.69. The van der Waals surface area contributed by atoms with Gasteiger partial charge in [0.15, 0.2) is 0 Å². The molecule has 0 radical (unpaired) electrons. The Morgan fingerprint density at radius 1 is 0.905 bits per heavy atom. The van der Waals surface area contributed by atoms with E-state index in [0.29, 0.717) is 63.9 Å². The van der Waals surface area contributed by atoms with Crippen LogP contribution in [-0.2, 0) is 6.42 Å². The van der Waals surface area contributed by atoms with Crippen LogP contribution in [-0.4, -0.2) is 41.1 Å². The van der Waals surface area contributed by atoms with Crippen molar-refractivity contribution < 1.29 is 14.3 Å². The number of fused-ring (bicyclic) bond motifs is 1. The highest BCUT2D eigenvalue weighted by atomic mass is 35.5. The molecule has 214 valence electrons. The number of hydrogen-bond donors (Lipinski definition) is 0. The molecule has 5 rings (SSSR count). The second-order valence-corrected chi connectivity index (χ2v) is 10.3. The average molecular weight is 582 g/mol. The van der Waals surface area contributed by atoms with Gasteiger partial charge in [-0.25, -0.2) is 4.98 Å². The van der Waals surface area contributed by atoms with Crippen LogP contribution in [0.2, 0.25) is 5.02 Å². The molecule has 1 atom stereocenters. The zero-order chi connectivity index (χ0) is 29.6. The van der Waals surface area contributed by atoms with E-state index in [9.17, 15) is 9.59 Å². The predicted molar refractivity (Wildman–Crippen MR) is 166 cm³/mol. The number of carbonyl (C=O) groups excluding carboxylic acids is 1. The third kappa shape index (κ3) is 6.02. The Labute approximate surface area is 249 Å². The molecule has 8 heteroatoms. The van der Waals surface area contributed by atoms with E-state index >= 15 is 0 Å². The molecule has 1 heterocycles. The van der Waals surface area contributed by atoms with E-state index < -0.39 is 6.04 Å². The Bertz CT molecular complexity index is 1730. The van der Waals surface area contributed by atoms with Crippen molar-refractivity contribution in [3.05, 3.63) is 129 Å². The van der Waals surface area contributed by atoms with E-state index in [2.05, 4.69) is 0 Å². The van der Waals surface area contributed by atoms with E-state index in [4.69, 9.17) is 26.1 Å². The van der Waals surface area contributed by atoms with E-state index in [1.165, 1.54) is 0 Å². The van der Waals surface area contributed by atoms with E-state index in [-0.39, 0.29) is 11.5 Å². The lowest BCUT2D eigenvalue weighted by molar-refractivity contribution is 0.0661. The van der Waals surface area contributed by atoms with Crippen LogP contribution in [0.4, 0.5) is 0 Å². The van der Waals surface area contributed by atoms with E-state index in [1.807, 2.05) is 55.5 Å². The third-order valence-electron chi connectivity index (χ3n) is 7.29. The molecular weight excluding hydrogens is 550 g/mol. The van der Waals surface area contributed by atoms with Crippen molar-refractivity contribution in [2.45, 2.75) is 25.8 Å². The zero-order valence-electron chi connectivity index (χ0n) is 23.8. The Kier molecular flexibility index (Phi) is 8.88. The van der Waals surface area contributed by atoms with Crippen molar-refractivity contribution in [2.24, 2.45) is 0 Å². The number of nitrogens with zero attached hydrogens (tertiary/aromatic N) is 3. The standard InChI is InChI=1S/C34H32ClN3O4/c1-4-31(32-36-30-13-9-8-12-29(30)34(40)38(32)26-16-14-25(35)15-17-26)37(19-18-23-10-6-5-7-11-23)33(39)24-20-27(41-2)22-28(21-24)42-3/h5-17,20-22,31H,4,18-19H2,1-3H3. The number of amides is 1. The summed E-state index contributed by atoms with van der Waals surface area (Å²) in [5.41, 5.74) is 2.48. The highest BCUT2D eigenvalue weighted by molar-refractivity contribution is 6.30. The third-order valence-corrected chi connectivity index (χ3v) is 7.54. The SMILES string of the molecule is CCC(c1nc2ccccc2c(=O)n1-c1ccc(Cl)cc1)N(CCc1ccccc1)C(=O)c1cc(OC)cc(OC)c1. The maximum Gasteiger partial charge on any atom is 0.266 e. The van der Waals surface area contributed by atoms with Crippen LogP contribution in [0.25, 0.3) is 16.6 Å². The minimum atomic E-state index is -0.536. The van der Waals surface area contributed by atoms with Crippen molar-refractivity contribution >= 4 is 28.4 Å². The van der Waals surface area contributed by atoms with Crippen LogP contribution >= 0.6 is 11.6 Å². The molecule has 0 saturated heterocycles. The molecule has 42 heavy (non-hydrogen) atoms. The fourth-order valence-electron chi connectivity index (χ4n) is 5.15. The molecule has 0 bridgehead atoms. The molecule has 1 unspecified atom stereocenters. The molecule has 7 nitrogen and oxygen atoms in total. The van der Waals surface area contributed by atoms with Gasteiger partial charge in [0, 0.05) is 23.2 Å². The van der Waals surface area contributed by atoms with Gasteiger partial charge in [-0.1, -0.05) is 61.0 Å². The van der Waals surface area contributed by atoms with Gasteiger partial charge in [-0.05, 0) is 66.9 Å². The normalized spacial score (nSPS) is 11.7. The van der Waals surface area contributed by atoms with Crippen LogP contribution in [0, 0.1) is 0 Å². The van der Waals surface area contributed by atoms with Crippen molar-refractivity contribution in [3.63, 3.8) is 0 Å². The average Bonchev–Trinajstić information content (AvgIpc) is 3.03. The maximum absolute atomic E-state index is 14.4. The number of aromatic nitrogens is 2. The lowest BCUT2D eigenvalue weighted by atomic mass is 10.1. The number of hydrogen-bond acceptors (Lipinski definition) is 5. The van der Waals surface area contributed by atoms with Gasteiger partial charge in [0.2, 0.25) is 0 Å². The summed E-state index contributed by atoms with van der Waals surface area (Å²) >= 11 is 6.20. The topological polar surface area (TPSA) is 73.7 Å². The predicted octanol–water partition coefficient (Wildman–Crippen LogP) is 6.89. The number of ether oxygens (including phenoxy) is 2. The molecule has 5 aromatic rings. The highest BCUT2D eigenvalue weighted by Gasteiger charge is 2.30. The van der Waals surface area contributed by atoms with Crippen LogP contribution in [0.1, 0.15) is 41.1 Å². The number of methoxy groups -OCH3 is 2. The largest absolute Gasteiger partial charge is 0.497 e. The lowest BCUT2D eigenvalue weighted by Crippen LogP contribution is -2.39. The maximum atomic E-state index is 14.4. The number of rotatable bonds is 10. The van der Waals surface area contributed by atoms with Crippen LogP contribution < -0.4 is 15.0 Å². The quantitative estimate of drug-likeness (QED) is 0.179. The summed E-state index contributed by atoms with van der Waals surface area (Å²) in [6, 6.07) is 28.9. The van der Waals surface area contributed by atoms with Crippen molar-refractivity contribution in [1.82, 2.24) is 14.5 Å². The van der Waals surface area contributed by atoms with Crippen molar-refractivity contribution in [1.29, 1.82) is 0 Å². The summed E-state index contributed by atoms with van der Waals surface area (Å²) in [4.78, 5) is 35.2. The highest BCUT2D eigenvalue weighted by Crippen LogP contribution is 2.30. The molecule has 0 aliphatic heterocycles. The van der Waals surface area contributed by atoms with Gasteiger partial charge in [-0.3, -0.25) is 14.2 Å². The lowest BCUT2D eigenvalue weighted by Gasteiger charge is -2.33. The summed E-state index contributed by atoms with van der Waals surface area (Å²) in [6.45, 7) is 2.39. The minimum Gasteiger partial charge on any atom is -0.497 e. The molecule has 0 aliphatic carbocycles. The molecule has 1 aromatic heterocycles. The Morgan fingerprint density at radius 3 is 2.19 bits per heavy atom. The summed E-state index contributed by atoms with van der Waals surface area (Å²) in [7, 11) is 3.10. The van der Waals surface area contributed by atoms with Crippen LogP contribution in [0.3, 0.4) is 0 Å². The first-order valence-electron chi connectivity index (χ1n) is 13.8. The van der Waals surface area contributed by atoms with Crippen LogP contribution in [0.5, 0.6) is 11.5 Å². The molecule has 0 aliphatic rings. The molecule has 0 fully saturated rings. The molecule has 0 N–H and O–H groups in total. The Hall–Kier alpha value is -4.62. The monoisotopic (exact) mass is 581 g/mol. The van der Waals surface area contributed by atoms with Crippen molar-refractivity contribution in [2.75, 3.05) is 20.8 Å². The van der Waals surface area contributed by atoms with Crippen LogP contribution in [0.15, 0.2) is 102 Å². The first-order valence-corrected chi connectivity index (χ1v) is 14.2. The molecule has 0 saturated carbocycles. The second-order valence-electron chi connectivity index (χ2n) is 9.86. The van der Waals surface area contributed by atoms with Gasteiger partial charge < -0.3 is 14.4 Å². The number of halogens is 1.